The second kappa shape index (κ2) is 13.2. The Labute approximate surface area is 202 Å². The Bertz CT molecular complexity index is 1040. The van der Waals surface area contributed by atoms with E-state index in [1.165, 1.54) is 0 Å². The first-order valence-electron chi connectivity index (χ1n) is 11.9. The fourth-order valence-electron chi connectivity index (χ4n) is 3.81. The average molecular weight is 459 g/mol. The summed E-state index contributed by atoms with van der Waals surface area (Å²) in [6.07, 6.45) is 2.31. The van der Waals surface area contributed by atoms with Crippen molar-refractivity contribution >= 4 is 11.8 Å². The molecule has 0 aromatic heterocycles. The highest BCUT2D eigenvalue weighted by Gasteiger charge is 2.30. The number of nitrogens with zero attached hydrogens (tertiary/aromatic N) is 1. The lowest BCUT2D eigenvalue weighted by molar-refractivity contribution is -0.142. The first-order valence-corrected chi connectivity index (χ1v) is 11.9. The normalized spacial score (nSPS) is 11.5. The molecule has 34 heavy (non-hydrogen) atoms. The van der Waals surface area contributed by atoms with Crippen LogP contribution in [0.25, 0.3) is 0 Å². The van der Waals surface area contributed by atoms with Crippen molar-refractivity contribution in [2.24, 2.45) is 0 Å². The van der Waals surface area contributed by atoms with E-state index in [9.17, 15) is 9.59 Å². The third kappa shape index (κ3) is 7.77. The lowest BCUT2D eigenvalue weighted by atomic mass is 10.0. The van der Waals surface area contributed by atoms with Crippen LogP contribution in [0, 0.1) is 6.92 Å². The van der Waals surface area contributed by atoms with Crippen molar-refractivity contribution in [3.63, 3.8) is 0 Å². The number of hydrogen-bond donors (Lipinski definition) is 1. The highest BCUT2D eigenvalue weighted by atomic mass is 16.5. The summed E-state index contributed by atoms with van der Waals surface area (Å²) in [4.78, 5) is 28.5. The van der Waals surface area contributed by atoms with Gasteiger partial charge in [-0.25, -0.2) is 0 Å². The summed E-state index contributed by atoms with van der Waals surface area (Å²) in [7, 11) is 0. The number of unbranched alkanes of at least 4 members (excludes halogenated alkanes) is 1. The molecule has 0 fully saturated rings. The van der Waals surface area contributed by atoms with Gasteiger partial charge in [-0.2, -0.15) is 0 Å². The molecule has 0 heterocycles. The van der Waals surface area contributed by atoms with Gasteiger partial charge in [-0.05, 0) is 36.6 Å². The van der Waals surface area contributed by atoms with E-state index in [1.54, 1.807) is 4.90 Å². The van der Waals surface area contributed by atoms with Crippen molar-refractivity contribution in [2.75, 3.05) is 13.2 Å². The van der Waals surface area contributed by atoms with Crippen LogP contribution in [0.4, 0.5) is 0 Å². The predicted molar refractivity (Wildman–Crippen MR) is 136 cm³/mol. The van der Waals surface area contributed by atoms with Gasteiger partial charge in [0.1, 0.15) is 11.8 Å². The molecule has 0 saturated heterocycles. The van der Waals surface area contributed by atoms with Crippen LogP contribution in [0.2, 0.25) is 0 Å². The van der Waals surface area contributed by atoms with Crippen LogP contribution < -0.4 is 10.1 Å². The highest BCUT2D eigenvalue weighted by molar-refractivity contribution is 5.88. The zero-order valence-corrected chi connectivity index (χ0v) is 20.1. The van der Waals surface area contributed by atoms with Gasteiger partial charge in [-0.15, -0.1) is 0 Å². The SMILES string of the molecule is CCCCNC(=O)C(Cc1ccccc1)N(Cc1cccc(C)c1)C(=O)COc1ccccc1. The van der Waals surface area contributed by atoms with E-state index in [2.05, 4.69) is 12.2 Å². The topological polar surface area (TPSA) is 58.6 Å². The standard InChI is InChI=1S/C29H34N2O3/c1-3-4-18-30-29(33)27(20-24-13-7-5-8-14-24)31(21-25-15-11-12-23(2)19-25)28(32)22-34-26-16-9-6-10-17-26/h5-17,19,27H,3-4,18,20-22H2,1-2H3,(H,30,33). The fraction of sp³-hybridized carbons (Fsp3) is 0.310. The molecule has 1 unspecified atom stereocenters. The summed E-state index contributed by atoms with van der Waals surface area (Å²) in [6, 6.07) is 26.5. The van der Waals surface area contributed by atoms with Crippen LogP contribution in [0.3, 0.4) is 0 Å². The smallest absolute Gasteiger partial charge is 0.261 e. The Morgan fingerprint density at radius 3 is 2.26 bits per heavy atom. The molecule has 0 saturated carbocycles. The van der Waals surface area contributed by atoms with Crippen LogP contribution in [0.5, 0.6) is 5.75 Å². The minimum absolute atomic E-state index is 0.136. The number of carbonyl (C=O) groups excluding carboxylic acids is 2. The summed E-state index contributed by atoms with van der Waals surface area (Å²) in [5.74, 6) is 0.258. The second-order valence-corrected chi connectivity index (χ2v) is 8.46. The van der Waals surface area contributed by atoms with E-state index < -0.39 is 6.04 Å². The van der Waals surface area contributed by atoms with E-state index in [4.69, 9.17) is 4.74 Å². The number of benzene rings is 3. The maximum atomic E-state index is 13.5. The largest absolute Gasteiger partial charge is 0.484 e. The molecule has 0 aliphatic heterocycles. The van der Waals surface area contributed by atoms with Gasteiger partial charge in [0.2, 0.25) is 5.91 Å². The summed E-state index contributed by atoms with van der Waals surface area (Å²) in [6.45, 7) is 4.89. The minimum atomic E-state index is -0.647. The van der Waals surface area contributed by atoms with Crippen molar-refractivity contribution in [1.82, 2.24) is 10.2 Å². The molecule has 178 valence electrons. The quantitative estimate of drug-likeness (QED) is 0.392. The number of carbonyl (C=O) groups is 2. The van der Waals surface area contributed by atoms with Crippen molar-refractivity contribution in [3.05, 3.63) is 102 Å². The molecule has 5 heteroatoms. The number of rotatable bonds is 12. The van der Waals surface area contributed by atoms with E-state index in [0.29, 0.717) is 25.3 Å². The molecule has 0 spiro atoms. The minimum Gasteiger partial charge on any atom is -0.484 e. The Morgan fingerprint density at radius 1 is 0.912 bits per heavy atom. The summed E-state index contributed by atoms with van der Waals surface area (Å²) in [5.41, 5.74) is 3.09. The van der Waals surface area contributed by atoms with E-state index >= 15 is 0 Å². The molecule has 3 rings (SSSR count). The van der Waals surface area contributed by atoms with Gasteiger partial charge in [0.25, 0.3) is 5.91 Å². The molecule has 3 aromatic carbocycles. The fourth-order valence-corrected chi connectivity index (χ4v) is 3.81. The summed E-state index contributed by atoms with van der Waals surface area (Å²) >= 11 is 0. The maximum absolute atomic E-state index is 13.5. The summed E-state index contributed by atoms with van der Waals surface area (Å²) in [5, 5.41) is 3.04. The summed E-state index contributed by atoms with van der Waals surface area (Å²) < 4.78 is 5.77. The van der Waals surface area contributed by atoms with E-state index in [-0.39, 0.29) is 18.4 Å². The first-order chi connectivity index (χ1) is 16.6. The number of amides is 2. The van der Waals surface area contributed by atoms with Crippen LogP contribution >= 0.6 is 0 Å². The average Bonchev–Trinajstić information content (AvgIpc) is 2.86. The number of hydrogen-bond acceptors (Lipinski definition) is 3. The molecule has 2 amide bonds. The van der Waals surface area contributed by atoms with Crippen molar-refractivity contribution in [3.8, 4) is 5.75 Å². The van der Waals surface area contributed by atoms with Crippen LogP contribution in [-0.2, 0) is 22.6 Å². The lowest BCUT2D eigenvalue weighted by Crippen LogP contribution is -2.51. The third-order valence-electron chi connectivity index (χ3n) is 5.64. The van der Waals surface area contributed by atoms with Crippen LogP contribution in [0.15, 0.2) is 84.9 Å². The molecule has 0 aliphatic rings. The molecule has 0 bridgehead atoms. The zero-order chi connectivity index (χ0) is 24.2. The Morgan fingerprint density at radius 2 is 1.59 bits per heavy atom. The number of aryl methyl sites for hydroxylation is 1. The van der Waals surface area contributed by atoms with E-state index in [1.807, 2.05) is 91.9 Å². The predicted octanol–water partition coefficient (Wildman–Crippen LogP) is 4.93. The molecule has 1 N–H and O–H groups in total. The van der Waals surface area contributed by atoms with Gasteiger partial charge in [-0.3, -0.25) is 9.59 Å². The molecule has 0 radical (unpaired) electrons. The molecule has 0 aliphatic carbocycles. The zero-order valence-electron chi connectivity index (χ0n) is 20.1. The van der Waals surface area contributed by atoms with Crippen LogP contribution in [-0.4, -0.2) is 35.9 Å². The van der Waals surface area contributed by atoms with Crippen LogP contribution in [0.1, 0.15) is 36.5 Å². The van der Waals surface area contributed by atoms with Crippen molar-refractivity contribution < 1.29 is 14.3 Å². The van der Waals surface area contributed by atoms with Crippen molar-refractivity contribution in [1.29, 1.82) is 0 Å². The monoisotopic (exact) mass is 458 g/mol. The molecule has 3 aromatic rings. The molecule has 1 atom stereocenters. The van der Waals surface area contributed by atoms with Crippen molar-refractivity contribution in [2.45, 2.75) is 45.7 Å². The van der Waals surface area contributed by atoms with Gasteiger partial charge in [0.15, 0.2) is 6.61 Å². The Kier molecular flexibility index (Phi) is 9.71. The molecular weight excluding hydrogens is 424 g/mol. The Hall–Kier alpha value is -3.60. The highest BCUT2D eigenvalue weighted by Crippen LogP contribution is 2.17. The first kappa shape index (κ1) is 25.0. The third-order valence-corrected chi connectivity index (χ3v) is 5.64. The number of nitrogens with one attached hydrogen (secondary N) is 1. The second-order valence-electron chi connectivity index (χ2n) is 8.46. The number of para-hydroxylation sites is 1. The maximum Gasteiger partial charge on any atom is 0.261 e. The van der Waals surface area contributed by atoms with Gasteiger partial charge >= 0.3 is 0 Å². The lowest BCUT2D eigenvalue weighted by Gasteiger charge is -2.31. The van der Waals surface area contributed by atoms with Gasteiger partial charge in [0.05, 0.1) is 0 Å². The van der Waals surface area contributed by atoms with E-state index in [0.717, 1.165) is 29.5 Å². The van der Waals surface area contributed by atoms with Gasteiger partial charge in [0, 0.05) is 19.5 Å². The van der Waals surface area contributed by atoms with Gasteiger partial charge in [-0.1, -0.05) is 91.7 Å². The Balaban J connectivity index is 1.87. The molecule has 5 nitrogen and oxygen atoms in total. The van der Waals surface area contributed by atoms with Gasteiger partial charge < -0.3 is 15.0 Å². The molecular formula is C29H34N2O3. The number of ether oxygens (including phenoxy) is 1.